The molecule has 0 atom stereocenters. The molecule has 0 bridgehead atoms. The first-order chi connectivity index (χ1) is 12.2. The van der Waals surface area contributed by atoms with Gasteiger partial charge >= 0.3 is 0 Å². The predicted octanol–water partition coefficient (Wildman–Crippen LogP) is 3.59. The maximum Gasteiger partial charge on any atom is 0.254 e. The lowest BCUT2D eigenvalue weighted by Gasteiger charge is -2.22. The normalized spacial score (nSPS) is 17.6. The van der Waals surface area contributed by atoms with E-state index in [9.17, 15) is 4.79 Å². The van der Waals surface area contributed by atoms with E-state index in [0.29, 0.717) is 0 Å². The van der Waals surface area contributed by atoms with E-state index >= 15 is 0 Å². The van der Waals surface area contributed by atoms with E-state index in [4.69, 9.17) is 9.47 Å². The number of ether oxygens (including phenoxy) is 2. The average Bonchev–Trinajstić information content (AvgIpc) is 3.23. The summed E-state index contributed by atoms with van der Waals surface area (Å²) in [6.45, 7) is 4.54. The number of hydrogen-bond donors (Lipinski definition) is 0. The van der Waals surface area contributed by atoms with Crippen LogP contribution in [0.5, 0.6) is 11.5 Å². The summed E-state index contributed by atoms with van der Waals surface area (Å²) in [7, 11) is 0. The van der Waals surface area contributed by atoms with E-state index in [-0.39, 0.29) is 12.7 Å². The van der Waals surface area contributed by atoms with Gasteiger partial charge in [0.2, 0.25) is 6.79 Å². The van der Waals surface area contributed by atoms with Crippen LogP contribution >= 0.6 is 27.3 Å². The summed E-state index contributed by atoms with van der Waals surface area (Å²) in [5.74, 6) is 1.74. The van der Waals surface area contributed by atoms with Gasteiger partial charge in [0.05, 0.1) is 5.56 Å². The quantitative estimate of drug-likeness (QED) is 0.757. The summed E-state index contributed by atoms with van der Waals surface area (Å²) in [4.78, 5) is 16.9. The fourth-order valence-electron chi connectivity index (χ4n) is 3.22. The van der Waals surface area contributed by atoms with E-state index in [2.05, 4.69) is 20.8 Å². The van der Waals surface area contributed by atoms with Crippen molar-refractivity contribution in [2.75, 3.05) is 33.0 Å². The van der Waals surface area contributed by atoms with Gasteiger partial charge in [-0.2, -0.15) is 11.3 Å². The van der Waals surface area contributed by atoms with Crippen LogP contribution in [-0.4, -0.2) is 48.7 Å². The van der Waals surface area contributed by atoms with E-state index < -0.39 is 0 Å². The molecule has 1 fully saturated rings. The zero-order chi connectivity index (χ0) is 17.2. The lowest BCUT2D eigenvalue weighted by Crippen LogP contribution is -2.34. The topological polar surface area (TPSA) is 42.0 Å². The van der Waals surface area contributed by atoms with E-state index in [1.165, 1.54) is 5.56 Å². The SMILES string of the molecule is O=C(c1ccsc1)N1CCCN(Cc2cc3c(cc2Br)OCO3)CC1. The first-order valence-electron chi connectivity index (χ1n) is 8.32. The predicted molar refractivity (Wildman–Crippen MR) is 100 cm³/mol. The molecule has 25 heavy (non-hydrogen) atoms. The highest BCUT2D eigenvalue weighted by Crippen LogP contribution is 2.37. The average molecular weight is 423 g/mol. The second-order valence-corrected chi connectivity index (χ2v) is 7.87. The molecular formula is C18H19BrN2O3S. The van der Waals surface area contributed by atoms with Crippen molar-refractivity contribution in [2.45, 2.75) is 13.0 Å². The molecule has 1 aromatic heterocycles. The lowest BCUT2D eigenvalue weighted by atomic mass is 10.2. The molecule has 0 aliphatic carbocycles. The molecule has 7 heteroatoms. The summed E-state index contributed by atoms with van der Waals surface area (Å²) >= 11 is 5.20. The number of carbonyl (C=O) groups excluding carboxylic acids is 1. The van der Waals surface area contributed by atoms with E-state index in [0.717, 1.165) is 60.7 Å². The van der Waals surface area contributed by atoms with Gasteiger partial charge in [-0.05, 0) is 35.6 Å². The Morgan fingerprint density at radius 2 is 2.00 bits per heavy atom. The minimum Gasteiger partial charge on any atom is -0.454 e. The molecule has 0 spiro atoms. The first-order valence-corrected chi connectivity index (χ1v) is 10.1. The number of benzene rings is 1. The molecule has 1 saturated heterocycles. The molecule has 0 radical (unpaired) electrons. The Morgan fingerprint density at radius 3 is 2.80 bits per heavy atom. The van der Waals surface area contributed by atoms with Crippen molar-refractivity contribution in [2.24, 2.45) is 0 Å². The number of amides is 1. The third kappa shape index (κ3) is 3.68. The molecule has 2 aromatic rings. The Balaban J connectivity index is 1.41. The summed E-state index contributed by atoms with van der Waals surface area (Å²) in [5, 5.41) is 3.88. The zero-order valence-corrected chi connectivity index (χ0v) is 16.1. The second-order valence-electron chi connectivity index (χ2n) is 6.23. The molecule has 132 valence electrons. The largest absolute Gasteiger partial charge is 0.454 e. The Morgan fingerprint density at radius 1 is 1.16 bits per heavy atom. The van der Waals surface area contributed by atoms with Crippen molar-refractivity contribution in [1.82, 2.24) is 9.80 Å². The van der Waals surface area contributed by atoms with Crippen LogP contribution in [0.3, 0.4) is 0 Å². The molecule has 1 amide bonds. The van der Waals surface area contributed by atoms with Crippen LogP contribution < -0.4 is 9.47 Å². The molecule has 0 N–H and O–H groups in total. The van der Waals surface area contributed by atoms with E-state index in [1.807, 2.05) is 33.9 Å². The third-order valence-corrected chi connectivity index (χ3v) is 6.00. The fourth-order valence-corrected chi connectivity index (χ4v) is 4.30. The molecule has 3 heterocycles. The van der Waals surface area contributed by atoms with Gasteiger partial charge in [0.25, 0.3) is 5.91 Å². The summed E-state index contributed by atoms with van der Waals surface area (Å²) in [6.07, 6.45) is 0.984. The molecule has 5 nitrogen and oxygen atoms in total. The van der Waals surface area contributed by atoms with Gasteiger partial charge in [-0.3, -0.25) is 9.69 Å². The molecule has 0 saturated carbocycles. The zero-order valence-electron chi connectivity index (χ0n) is 13.7. The minimum atomic E-state index is 0.146. The molecule has 2 aliphatic rings. The van der Waals surface area contributed by atoms with Gasteiger partial charge in [-0.25, -0.2) is 0 Å². The maximum atomic E-state index is 12.5. The highest BCUT2D eigenvalue weighted by Gasteiger charge is 2.22. The van der Waals surface area contributed by atoms with Crippen LogP contribution in [0.2, 0.25) is 0 Å². The number of halogens is 1. The highest BCUT2D eigenvalue weighted by molar-refractivity contribution is 9.10. The van der Waals surface area contributed by atoms with Crippen molar-refractivity contribution < 1.29 is 14.3 Å². The van der Waals surface area contributed by atoms with Crippen molar-refractivity contribution in [3.05, 3.63) is 44.6 Å². The van der Waals surface area contributed by atoms with Gasteiger partial charge in [0, 0.05) is 42.6 Å². The van der Waals surface area contributed by atoms with Gasteiger partial charge in [0.1, 0.15) is 0 Å². The Hall–Kier alpha value is -1.57. The van der Waals surface area contributed by atoms with Crippen molar-refractivity contribution in [1.29, 1.82) is 0 Å². The van der Waals surface area contributed by atoms with Gasteiger partial charge < -0.3 is 14.4 Å². The number of thiophene rings is 1. The van der Waals surface area contributed by atoms with Crippen LogP contribution in [0.15, 0.2) is 33.4 Å². The standard InChI is InChI=1S/C18H19BrN2O3S/c19-15-9-17-16(23-12-24-17)8-14(15)10-20-3-1-4-21(6-5-20)18(22)13-2-7-25-11-13/h2,7-9,11H,1,3-6,10,12H2. The molecule has 4 rings (SSSR count). The smallest absolute Gasteiger partial charge is 0.254 e. The number of rotatable bonds is 3. The monoisotopic (exact) mass is 422 g/mol. The number of fused-ring (bicyclic) bond motifs is 1. The van der Waals surface area contributed by atoms with Crippen LogP contribution in [0.1, 0.15) is 22.3 Å². The van der Waals surface area contributed by atoms with Crippen molar-refractivity contribution in [3.63, 3.8) is 0 Å². The first kappa shape index (κ1) is 16.9. The number of hydrogen-bond acceptors (Lipinski definition) is 5. The summed E-state index contributed by atoms with van der Waals surface area (Å²) in [6, 6.07) is 5.92. The molecule has 1 aromatic carbocycles. The van der Waals surface area contributed by atoms with Crippen molar-refractivity contribution >= 4 is 33.2 Å². The van der Waals surface area contributed by atoms with E-state index in [1.54, 1.807) is 11.3 Å². The van der Waals surface area contributed by atoms with Crippen LogP contribution in [-0.2, 0) is 6.54 Å². The number of nitrogens with zero attached hydrogens (tertiary/aromatic N) is 2. The molecule has 2 aliphatic heterocycles. The maximum absolute atomic E-state index is 12.5. The Kier molecular flexibility index (Phi) is 4.96. The Labute approximate surface area is 159 Å². The second kappa shape index (κ2) is 7.35. The minimum absolute atomic E-state index is 0.146. The van der Waals surface area contributed by atoms with Crippen LogP contribution in [0.4, 0.5) is 0 Å². The Bertz CT molecular complexity index is 766. The van der Waals surface area contributed by atoms with Gasteiger partial charge in [-0.1, -0.05) is 15.9 Å². The number of carbonyl (C=O) groups is 1. The van der Waals surface area contributed by atoms with Crippen molar-refractivity contribution in [3.8, 4) is 11.5 Å². The fraction of sp³-hybridized carbons (Fsp3) is 0.389. The van der Waals surface area contributed by atoms with Crippen LogP contribution in [0.25, 0.3) is 0 Å². The third-order valence-electron chi connectivity index (χ3n) is 4.58. The molecular weight excluding hydrogens is 404 g/mol. The molecule has 0 unspecified atom stereocenters. The highest BCUT2D eigenvalue weighted by atomic mass is 79.9. The van der Waals surface area contributed by atoms with Crippen LogP contribution in [0, 0.1) is 0 Å². The summed E-state index contributed by atoms with van der Waals surface area (Å²) in [5.41, 5.74) is 1.99. The van der Waals surface area contributed by atoms with Gasteiger partial charge in [0.15, 0.2) is 11.5 Å². The summed E-state index contributed by atoms with van der Waals surface area (Å²) < 4.78 is 11.9. The van der Waals surface area contributed by atoms with Gasteiger partial charge in [-0.15, -0.1) is 0 Å². The lowest BCUT2D eigenvalue weighted by molar-refractivity contribution is 0.0761.